The molecular formula is C20H25BrN2O2. The van der Waals surface area contributed by atoms with Gasteiger partial charge in [0.2, 0.25) is 0 Å². The Bertz CT molecular complexity index is 717. The molecule has 2 aromatic carbocycles. The van der Waals surface area contributed by atoms with Gasteiger partial charge >= 0.3 is 0 Å². The maximum atomic E-state index is 12.4. The van der Waals surface area contributed by atoms with E-state index in [0.29, 0.717) is 12.2 Å². The summed E-state index contributed by atoms with van der Waals surface area (Å²) in [5.41, 5.74) is 2.44. The number of rotatable bonds is 8. The van der Waals surface area contributed by atoms with Crippen LogP contribution in [0, 0.1) is 6.92 Å². The largest absolute Gasteiger partial charge is 0.494 e. The molecule has 0 aromatic heterocycles. The van der Waals surface area contributed by atoms with Crippen LogP contribution in [0.3, 0.4) is 0 Å². The number of carbonyl (C=O) groups excluding carboxylic acids is 1. The van der Waals surface area contributed by atoms with Crippen LogP contribution in [-0.2, 0) is 0 Å². The molecule has 1 amide bonds. The summed E-state index contributed by atoms with van der Waals surface area (Å²) in [7, 11) is 4.13. The maximum Gasteiger partial charge on any atom is 0.255 e. The summed E-state index contributed by atoms with van der Waals surface area (Å²) in [6.07, 6.45) is 2.09. The Labute approximate surface area is 158 Å². The number of halogens is 1. The third-order valence-corrected chi connectivity index (χ3v) is 4.67. The van der Waals surface area contributed by atoms with E-state index in [0.717, 1.165) is 40.9 Å². The van der Waals surface area contributed by atoms with E-state index in [1.165, 1.54) is 0 Å². The monoisotopic (exact) mass is 404 g/mol. The molecular weight excluding hydrogens is 380 g/mol. The van der Waals surface area contributed by atoms with Gasteiger partial charge in [-0.1, -0.05) is 22.0 Å². The van der Waals surface area contributed by atoms with Crippen molar-refractivity contribution in [1.82, 2.24) is 4.90 Å². The molecule has 0 fully saturated rings. The number of hydrogen-bond donors (Lipinski definition) is 1. The van der Waals surface area contributed by atoms with Gasteiger partial charge in [-0.25, -0.2) is 0 Å². The van der Waals surface area contributed by atoms with Gasteiger partial charge in [-0.2, -0.15) is 0 Å². The second kappa shape index (κ2) is 9.59. The number of carbonyl (C=O) groups is 1. The molecule has 0 spiro atoms. The van der Waals surface area contributed by atoms with Gasteiger partial charge in [0, 0.05) is 15.7 Å². The highest BCUT2D eigenvalue weighted by molar-refractivity contribution is 9.10. The minimum absolute atomic E-state index is 0.139. The molecule has 1 N–H and O–H groups in total. The lowest BCUT2D eigenvalue weighted by Gasteiger charge is -2.11. The van der Waals surface area contributed by atoms with Crippen molar-refractivity contribution < 1.29 is 9.53 Å². The molecule has 0 unspecified atom stereocenters. The number of benzene rings is 2. The lowest BCUT2D eigenvalue weighted by molar-refractivity contribution is 0.102. The SMILES string of the molecule is Cc1cc(NC(=O)c2cccc(OCCCCN(C)C)c2)ccc1Br. The molecule has 0 saturated heterocycles. The van der Waals surface area contributed by atoms with Gasteiger partial charge in [-0.15, -0.1) is 0 Å². The first-order valence-corrected chi connectivity index (χ1v) is 9.20. The van der Waals surface area contributed by atoms with Crippen molar-refractivity contribution in [3.8, 4) is 5.75 Å². The predicted molar refractivity (Wildman–Crippen MR) is 107 cm³/mol. The number of unbranched alkanes of at least 4 members (excludes halogenated alkanes) is 1. The van der Waals surface area contributed by atoms with Crippen molar-refractivity contribution in [2.45, 2.75) is 19.8 Å². The average Bonchev–Trinajstić information content (AvgIpc) is 2.58. The van der Waals surface area contributed by atoms with E-state index >= 15 is 0 Å². The molecule has 5 heteroatoms. The zero-order valence-corrected chi connectivity index (χ0v) is 16.6. The predicted octanol–water partition coefficient (Wildman–Crippen LogP) is 4.73. The third-order valence-electron chi connectivity index (χ3n) is 3.78. The Morgan fingerprint density at radius 1 is 1.16 bits per heavy atom. The first-order chi connectivity index (χ1) is 12.0. The van der Waals surface area contributed by atoms with Crippen LogP contribution in [0.25, 0.3) is 0 Å². The Kier molecular flexibility index (Phi) is 7.47. The molecule has 0 atom stereocenters. The third kappa shape index (κ3) is 6.52. The number of amides is 1. The number of anilines is 1. The van der Waals surface area contributed by atoms with E-state index in [1.54, 1.807) is 12.1 Å². The Hall–Kier alpha value is -1.85. The molecule has 0 saturated carbocycles. The molecule has 25 heavy (non-hydrogen) atoms. The van der Waals surface area contributed by atoms with Gasteiger partial charge in [-0.3, -0.25) is 4.79 Å². The minimum Gasteiger partial charge on any atom is -0.494 e. The molecule has 0 aliphatic carbocycles. The summed E-state index contributed by atoms with van der Waals surface area (Å²) in [5.74, 6) is 0.587. The van der Waals surface area contributed by atoms with Crippen LogP contribution < -0.4 is 10.1 Å². The topological polar surface area (TPSA) is 41.6 Å². The first kappa shape index (κ1) is 19.5. The van der Waals surface area contributed by atoms with Crippen LogP contribution in [0.1, 0.15) is 28.8 Å². The molecule has 134 valence electrons. The number of hydrogen-bond acceptors (Lipinski definition) is 3. The van der Waals surface area contributed by atoms with Crippen molar-refractivity contribution in [3.63, 3.8) is 0 Å². The van der Waals surface area contributed by atoms with Crippen LogP contribution >= 0.6 is 15.9 Å². The molecule has 0 aliphatic heterocycles. The van der Waals surface area contributed by atoms with Crippen molar-refractivity contribution in [2.75, 3.05) is 32.6 Å². The summed E-state index contributed by atoms with van der Waals surface area (Å²) >= 11 is 3.46. The molecule has 0 heterocycles. The van der Waals surface area contributed by atoms with Gasteiger partial charge in [-0.05, 0) is 82.4 Å². The fourth-order valence-corrected chi connectivity index (χ4v) is 2.62. The summed E-state index contributed by atoms with van der Waals surface area (Å²) < 4.78 is 6.78. The summed E-state index contributed by atoms with van der Waals surface area (Å²) in [6, 6.07) is 13.0. The zero-order valence-electron chi connectivity index (χ0n) is 15.0. The van der Waals surface area contributed by atoms with Gasteiger partial charge in [0.25, 0.3) is 5.91 Å². The second-order valence-electron chi connectivity index (χ2n) is 6.30. The van der Waals surface area contributed by atoms with E-state index in [4.69, 9.17) is 4.74 Å². The second-order valence-corrected chi connectivity index (χ2v) is 7.16. The number of aryl methyl sites for hydroxylation is 1. The minimum atomic E-state index is -0.139. The van der Waals surface area contributed by atoms with Crippen molar-refractivity contribution in [3.05, 3.63) is 58.1 Å². The van der Waals surface area contributed by atoms with E-state index < -0.39 is 0 Å². The molecule has 2 rings (SSSR count). The summed E-state index contributed by atoms with van der Waals surface area (Å²) in [5, 5.41) is 2.92. The zero-order chi connectivity index (χ0) is 18.2. The van der Waals surface area contributed by atoms with Crippen molar-refractivity contribution >= 4 is 27.5 Å². The Morgan fingerprint density at radius 3 is 2.68 bits per heavy atom. The highest BCUT2D eigenvalue weighted by Gasteiger charge is 2.08. The van der Waals surface area contributed by atoms with Crippen LogP contribution in [0.5, 0.6) is 5.75 Å². The molecule has 2 aromatic rings. The number of nitrogens with zero attached hydrogens (tertiary/aromatic N) is 1. The Balaban J connectivity index is 1.90. The smallest absolute Gasteiger partial charge is 0.255 e. The van der Waals surface area contributed by atoms with Gasteiger partial charge in [0.15, 0.2) is 0 Å². The normalized spacial score (nSPS) is 10.8. The molecule has 4 nitrogen and oxygen atoms in total. The van der Waals surface area contributed by atoms with Crippen LogP contribution in [0.2, 0.25) is 0 Å². The van der Waals surface area contributed by atoms with E-state index in [-0.39, 0.29) is 5.91 Å². The lowest BCUT2D eigenvalue weighted by Crippen LogP contribution is -2.14. The maximum absolute atomic E-state index is 12.4. The fraction of sp³-hybridized carbons (Fsp3) is 0.350. The average molecular weight is 405 g/mol. The van der Waals surface area contributed by atoms with Crippen LogP contribution in [-0.4, -0.2) is 38.1 Å². The summed E-state index contributed by atoms with van der Waals surface area (Å²) in [4.78, 5) is 14.6. The van der Waals surface area contributed by atoms with E-state index in [1.807, 2.05) is 37.3 Å². The number of nitrogens with one attached hydrogen (secondary N) is 1. The standard InChI is InChI=1S/C20H25BrN2O2/c1-15-13-17(9-10-19(15)21)22-20(24)16-7-6-8-18(14-16)25-12-5-4-11-23(2)3/h6-10,13-14H,4-5,11-12H2,1-3H3,(H,22,24). The van der Waals surface area contributed by atoms with Crippen molar-refractivity contribution in [2.24, 2.45) is 0 Å². The highest BCUT2D eigenvalue weighted by Crippen LogP contribution is 2.21. The molecule has 0 radical (unpaired) electrons. The lowest BCUT2D eigenvalue weighted by atomic mass is 10.2. The van der Waals surface area contributed by atoms with Gasteiger partial charge in [0.1, 0.15) is 5.75 Å². The quantitative estimate of drug-likeness (QED) is 0.646. The van der Waals surface area contributed by atoms with Gasteiger partial charge in [0.05, 0.1) is 6.61 Å². The van der Waals surface area contributed by atoms with E-state index in [9.17, 15) is 4.79 Å². The van der Waals surface area contributed by atoms with Crippen LogP contribution in [0.15, 0.2) is 46.9 Å². The Morgan fingerprint density at radius 2 is 1.96 bits per heavy atom. The van der Waals surface area contributed by atoms with Crippen LogP contribution in [0.4, 0.5) is 5.69 Å². The summed E-state index contributed by atoms with van der Waals surface area (Å²) in [6.45, 7) is 3.70. The molecule has 0 bridgehead atoms. The fourth-order valence-electron chi connectivity index (χ4n) is 2.37. The first-order valence-electron chi connectivity index (χ1n) is 8.41. The van der Waals surface area contributed by atoms with E-state index in [2.05, 4.69) is 40.2 Å². The molecule has 0 aliphatic rings. The highest BCUT2D eigenvalue weighted by atomic mass is 79.9. The van der Waals surface area contributed by atoms with Gasteiger partial charge < -0.3 is 15.0 Å². The van der Waals surface area contributed by atoms with Crippen molar-refractivity contribution in [1.29, 1.82) is 0 Å². The number of ether oxygens (including phenoxy) is 1.